The van der Waals surface area contributed by atoms with Gasteiger partial charge in [0.2, 0.25) is 0 Å². The second-order valence-electron chi connectivity index (χ2n) is 4.29. The third-order valence-electron chi connectivity index (χ3n) is 2.92. The minimum Gasteiger partial charge on any atom is -0.346 e. The number of hydrogen-bond donors (Lipinski definition) is 2. The molecular formula is C12H10IN7. The zero-order valence-corrected chi connectivity index (χ0v) is 12.4. The Balaban J connectivity index is 2.07. The van der Waals surface area contributed by atoms with Crippen molar-refractivity contribution in [3.8, 4) is 17.3 Å². The molecule has 0 aliphatic heterocycles. The predicted molar refractivity (Wildman–Crippen MR) is 81.5 cm³/mol. The van der Waals surface area contributed by atoms with Crippen molar-refractivity contribution in [3.05, 3.63) is 31.0 Å². The average molecular weight is 379 g/mol. The number of nitrogens with zero attached hydrogens (tertiary/aromatic N) is 5. The molecule has 0 radical (unpaired) electrons. The average Bonchev–Trinajstić information content (AvgIpc) is 3.07. The van der Waals surface area contributed by atoms with Gasteiger partial charge >= 0.3 is 0 Å². The number of hydrogen-bond acceptors (Lipinski definition) is 5. The lowest BCUT2D eigenvalue weighted by Crippen LogP contribution is -2.36. The van der Waals surface area contributed by atoms with Crippen LogP contribution in [0.15, 0.2) is 31.0 Å². The highest BCUT2D eigenvalue weighted by Gasteiger charge is 2.24. The van der Waals surface area contributed by atoms with Gasteiger partial charge in [0.05, 0.1) is 24.4 Å². The second-order valence-corrected chi connectivity index (χ2v) is 6.16. The van der Waals surface area contributed by atoms with Crippen LogP contribution in [0.3, 0.4) is 0 Å². The molecule has 8 heteroatoms. The zero-order valence-electron chi connectivity index (χ0n) is 10.3. The van der Waals surface area contributed by atoms with Crippen molar-refractivity contribution >= 4 is 33.6 Å². The van der Waals surface area contributed by atoms with Gasteiger partial charge in [0.15, 0.2) is 3.67 Å². The number of alkyl halides is 1. The summed E-state index contributed by atoms with van der Waals surface area (Å²) in [4.78, 5) is 11.5. The van der Waals surface area contributed by atoms with Gasteiger partial charge in [-0.2, -0.15) is 10.4 Å². The summed E-state index contributed by atoms with van der Waals surface area (Å²) in [7, 11) is 0. The quantitative estimate of drug-likeness (QED) is 0.409. The van der Waals surface area contributed by atoms with Crippen molar-refractivity contribution < 1.29 is 0 Å². The fourth-order valence-electron chi connectivity index (χ4n) is 1.94. The van der Waals surface area contributed by atoms with Crippen LogP contribution in [0.5, 0.6) is 0 Å². The lowest BCUT2D eigenvalue weighted by atomic mass is 10.2. The van der Waals surface area contributed by atoms with E-state index >= 15 is 0 Å². The van der Waals surface area contributed by atoms with Crippen LogP contribution in [-0.2, 0) is 3.67 Å². The Morgan fingerprint density at radius 1 is 1.50 bits per heavy atom. The highest BCUT2D eigenvalue weighted by Crippen LogP contribution is 2.28. The zero-order chi connectivity index (χ0) is 14.2. The topological polar surface area (TPSA) is 109 Å². The van der Waals surface area contributed by atoms with Crippen LogP contribution in [0.1, 0.15) is 6.42 Å². The second kappa shape index (κ2) is 4.84. The molecule has 3 rings (SSSR count). The van der Waals surface area contributed by atoms with Gasteiger partial charge in [-0.1, -0.05) is 0 Å². The SMILES string of the molecule is N#CCC(N)(I)n1cc(-c2ncnc3[nH]ccc23)cn1. The number of rotatable bonds is 3. The van der Waals surface area contributed by atoms with Gasteiger partial charge in [-0.15, -0.1) is 0 Å². The number of halogens is 1. The number of nitrogens with two attached hydrogens (primary N) is 1. The molecule has 100 valence electrons. The third kappa shape index (κ3) is 2.14. The Morgan fingerprint density at radius 2 is 2.35 bits per heavy atom. The molecule has 7 nitrogen and oxygen atoms in total. The van der Waals surface area contributed by atoms with E-state index in [2.05, 4.69) is 26.1 Å². The summed E-state index contributed by atoms with van der Waals surface area (Å²) in [6.07, 6.45) is 6.96. The van der Waals surface area contributed by atoms with Gasteiger partial charge in [0.25, 0.3) is 0 Å². The molecule has 0 bridgehead atoms. The first kappa shape index (κ1) is 13.0. The van der Waals surface area contributed by atoms with Gasteiger partial charge < -0.3 is 4.98 Å². The minimum atomic E-state index is -0.866. The van der Waals surface area contributed by atoms with Crippen LogP contribution in [0, 0.1) is 11.3 Å². The van der Waals surface area contributed by atoms with Crippen LogP contribution in [0.2, 0.25) is 0 Å². The highest BCUT2D eigenvalue weighted by molar-refractivity contribution is 14.1. The summed E-state index contributed by atoms with van der Waals surface area (Å²) in [5.74, 6) is 0. The van der Waals surface area contributed by atoms with E-state index in [0.29, 0.717) is 0 Å². The number of aromatic amines is 1. The fourth-order valence-corrected chi connectivity index (χ4v) is 2.38. The molecule has 3 aromatic heterocycles. The molecule has 1 atom stereocenters. The van der Waals surface area contributed by atoms with E-state index in [4.69, 9.17) is 11.0 Å². The summed E-state index contributed by atoms with van der Waals surface area (Å²) < 4.78 is 0.710. The maximum absolute atomic E-state index is 8.80. The molecule has 3 aromatic rings. The molecule has 0 aliphatic carbocycles. The van der Waals surface area contributed by atoms with E-state index in [9.17, 15) is 0 Å². The van der Waals surface area contributed by atoms with Crippen molar-refractivity contribution in [1.82, 2.24) is 24.7 Å². The van der Waals surface area contributed by atoms with E-state index in [1.165, 1.54) is 6.33 Å². The summed E-state index contributed by atoms with van der Waals surface area (Å²) >= 11 is 2.01. The predicted octanol–water partition coefficient (Wildman–Crippen LogP) is 1.74. The van der Waals surface area contributed by atoms with Gasteiger partial charge in [-0.25, -0.2) is 14.6 Å². The molecular weight excluding hydrogens is 369 g/mol. The maximum atomic E-state index is 8.80. The molecule has 0 aromatic carbocycles. The third-order valence-corrected chi connectivity index (χ3v) is 3.79. The molecule has 3 N–H and O–H groups in total. The van der Waals surface area contributed by atoms with E-state index in [-0.39, 0.29) is 6.42 Å². The van der Waals surface area contributed by atoms with Crippen molar-refractivity contribution in [1.29, 1.82) is 5.26 Å². The number of fused-ring (bicyclic) bond motifs is 1. The Morgan fingerprint density at radius 3 is 3.15 bits per heavy atom. The lowest BCUT2D eigenvalue weighted by molar-refractivity contribution is 0.451. The number of aromatic nitrogens is 5. The molecule has 20 heavy (non-hydrogen) atoms. The summed E-state index contributed by atoms with van der Waals surface area (Å²) in [6, 6.07) is 3.97. The molecule has 0 saturated heterocycles. The largest absolute Gasteiger partial charge is 0.346 e. The Bertz CT molecular complexity index is 795. The molecule has 0 saturated carbocycles. The standard InChI is InChI=1S/C12H10IN7/c13-12(15,2-3-14)20-6-8(5-19-20)10-9-1-4-16-11(9)18-7-17-10/h1,4-7H,2,15H2,(H,16,17,18). The lowest BCUT2D eigenvalue weighted by Gasteiger charge is -2.19. The molecule has 0 fully saturated rings. The van der Waals surface area contributed by atoms with Gasteiger partial charge in [-0.3, -0.25) is 5.73 Å². The highest BCUT2D eigenvalue weighted by atomic mass is 127. The molecule has 0 spiro atoms. The van der Waals surface area contributed by atoms with Crippen molar-refractivity contribution in [2.24, 2.45) is 5.73 Å². The van der Waals surface area contributed by atoms with E-state index in [1.807, 2.05) is 34.9 Å². The maximum Gasteiger partial charge on any atom is 0.174 e. The summed E-state index contributed by atoms with van der Waals surface area (Å²) in [6.45, 7) is 0. The van der Waals surface area contributed by atoms with Crippen LogP contribution in [-0.4, -0.2) is 24.7 Å². The van der Waals surface area contributed by atoms with E-state index in [1.54, 1.807) is 17.1 Å². The fraction of sp³-hybridized carbons (Fsp3) is 0.167. The van der Waals surface area contributed by atoms with Crippen LogP contribution < -0.4 is 5.73 Å². The van der Waals surface area contributed by atoms with E-state index in [0.717, 1.165) is 22.3 Å². The smallest absolute Gasteiger partial charge is 0.174 e. The van der Waals surface area contributed by atoms with Crippen molar-refractivity contribution in [3.63, 3.8) is 0 Å². The van der Waals surface area contributed by atoms with Gasteiger partial charge in [0, 0.05) is 23.3 Å². The van der Waals surface area contributed by atoms with Crippen molar-refractivity contribution in [2.75, 3.05) is 0 Å². The van der Waals surface area contributed by atoms with Crippen LogP contribution >= 0.6 is 22.6 Å². The molecule has 1 unspecified atom stereocenters. The Hall–Kier alpha value is -1.99. The first-order valence-corrected chi connectivity index (χ1v) is 6.88. The molecule has 0 amide bonds. The first-order chi connectivity index (χ1) is 9.62. The minimum absolute atomic E-state index is 0.165. The Labute approximate surface area is 128 Å². The van der Waals surface area contributed by atoms with Gasteiger partial charge in [-0.05, 0) is 28.7 Å². The summed E-state index contributed by atoms with van der Waals surface area (Å²) in [5.41, 5.74) is 8.45. The summed E-state index contributed by atoms with van der Waals surface area (Å²) in [5, 5.41) is 14.0. The van der Waals surface area contributed by atoms with Crippen LogP contribution in [0.4, 0.5) is 0 Å². The molecule has 3 heterocycles. The molecule has 0 aliphatic rings. The first-order valence-electron chi connectivity index (χ1n) is 5.80. The number of nitriles is 1. The number of H-pyrrole nitrogens is 1. The van der Waals surface area contributed by atoms with Gasteiger partial charge in [0.1, 0.15) is 12.0 Å². The Kier molecular flexibility index (Phi) is 3.15. The van der Waals surface area contributed by atoms with Crippen LogP contribution in [0.25, 0.3) is 22.3 Å². The van der Waals surface area contributed by atoms with E-state index < -0.39 is 3.67 Å². The normalized spacial score (nSPS) is 14.1. The number of nitrogens with one attached hydrogen (secondary N) is 1. The van der Waals surface area contributed by atoms with Crippen molar-refractivity contribution in [2.45, 2.75) is 10.1 Å². The monoisotopic (exact) mass is 379 g/mol.